The average molecular weight is 1510 g/mol. The van der Waals surface area contributed by atoms with Crippen molar-refractivity contribution in [2.24, 2.45) is 5.73 Å². The van der Waals surface area contributed by atoms with Gasteiger partial charge in [0, 0.05) is 99.9 Å². The summed E-state index contributed by atoms with van der Waals surface area (Å²) < 4.78 is 0. The number of nitrogens with zero attached hydrogens (tertiary/aromatic N) is 3. The summed E-state index contributed by atoms with van der Waals surface area (Å²) in [4.78, 5) is 167. The van der Waals surface area contributed by atoms with E-state index in [1.54, 1.807) is 91.1 Å². The van der Waals surface area contributed by atoms with Crippen LogP contribution in [0.5, 0.6) is 0 Å². The molecular formula is C63H89InN13O19S2. The largest absolute Gasteiger partial charge is 0.480 e. The molecular weight excluding hydrogens is 1420 g/mol. The van der Waals surface area contributed by atoms with Gasteiger partial charge >= 0.3 is 23.9 Å². The molecule has 4 aromatic rings. The van der Waals surface area contributed by atoms with Crippen LogP contribution in [0.4, 0.5) is 0 Å². The number of fused-ring (bicyclic) bond motifs is 1. The standard InChI is InChI=1S/C63H89N13O19S2.In/c1-37(78)48(34-77)70-62(94)50(36-97)72-63(95)56(38(2)79)73-57(89)44(19-11-12-20-64)67-60(92)47(27-41-28-65-43-18-10-9-17-42(41)43)69-59(91)46(26-40-15-7-4-8-16-40)68-61(93)49(35-96)71-58(90)45(25-39-13-5-3-6-14-39)66-51(80)29-75(31-53(83)84)23-21-74(30-52(81)82)22-24-76(32-54(85)86)33-55(87)88;/h3-10,13-18,28,37-38,44-50,56,65,77-79,96-97H,11-12,19-27,29-36,64H2,1-2H3,(H,66,80)(H,67,92)(H,68,93)(H,69,91)(H,70,94)(H,71,90)(H,72,95)(H,73,89)(H,81,82)(H,83,84)(H,85,86)(H,87,88);/t37-,38-,44+,45-,46+,47-,48-,49+,50+,56+;/m1./s1/i;1-4. The summed E-state index contributed by atoms with van der Waals surface area (Å²) in [5, 5.41) is 89.7. The van der Waals surface area contributed by atoms with Gasteiger partial charge in [0.1, 0.15) is 42.3 Å². The fourth-order valence-corrected chi connectivity index (χ4v) is 10.6. The number of aliphatic hydroxyl groups excluding tert-OH is 3. The maximum Gasteiger partial charge on any atom is 0.317 e. The summed E-state index contributed by atoms with van der Waals surface area (Å²) in [6, 6.07) is 12.2. The Morgan fingerprint density at radius 3 is 1.34 bits per heavy atom. The number of amides is 8. The monoisotopic (exact) mass is 1510 g/mol. The van der Waals surface area contributed by atoms with Gasteiger partial charge in [-0.25, -0.2) is 0 Å². The minimum Gasteiger partial charge on any atom is -0.480 e. The van der Waals surface area contributed by atoms with Crippen molar-refractivity contribution < 1.29 is 93.3 Å². The molecule has 98 heavy (non-hydrogen) atoms. The van der Waals surface area contributed by atoms with Crippen LogP contribution < -0.4 is 48.3 Å². The minimum absolute atomic E-state index is 0. The van der Waals surface area contributed by atoms with Crippen LogP contribution in [0.15, 0.2) is 91.1 Å². The Kier molecular flexibility index (Phi) is 38.1. The Bertz CT molecular complexity index is 3250. The quantitative estimate of drug-likeness (QED) is 0.0147. The van der Waals surface area contributed by atoms with E-state index < -0.39 is 171 Å². The molecule has 4 rings (SSSR count). The molecule has 32 nitrogen and oxygen atoms in total. The van der Waals surface area contributed by atoms with Crippen LogP contribution in [0.2, 0.25) is 0 Å². The molecule has 0 saturated heterocycles. The summed E-state index contributed by atoms with van der Waals surface area (Å²) in [5.74, 6) is -13.4. The van der Waals surface area contributed by atoms with Crippen LogP contribution >= 0.6 is 25.3 Å². The number of aliphatic carboxylic acids is 4. The number of aromatic nitrogens is 1. The Morgan fingerprint density at radius 1 is 0.469 bits per heavy atom. The van der Waals surface area contributed by atoms with E-state index in [0.29, 0.717) is 34.0 Å². The molecule has 0 fully saturated rings. The van der Waals surface area contributed by atoms with Gasteiger partial charge < -0.3 is 89.0 Å². The van der Waals surface area contributed by atoms with Crippen molar-refractivity contribution in [2.75, 3.05) is 83.6 Å². The van der Waals surface area contributed by atoms with Gasteiger partial charge in [-0.2, -0.15) is 25.3 Å². The molecule has 8 amide bonds. The van der Waals surface area contributed by atoms with Gasteiger partial charge in [-0.15, -0.1) is 0 Å². The molecule has 10 atom stereocenters. The third-order valence-electron chi connectivity index (χ3n) is 15.2. The van der Waals surface area contributed by atoms with Crippen molar-refractivity contribution in [3.63, 3.8) is 0 Å². The number of thiol groups is 2. The zero-order chi connectivity index (χ0) is 71.7. The number of H-pyrrole nitrogens is 1. The van der Waals surface area contributed by atoms with Crippen LogP contribution in [0.3, 0.4) is 0 Å². The normalized spacial score (nSPS) is 14.3. The summed E-state index contributed by atoms with van der Waals surface area (Å²) in [6.45, 7) is -2.09. The number of benzene rings is 3. The molecule has 1 heterocycles. The second-order valence-electron chi connectivity index (χ2n) is 23.1. The van der Waals surface area contributed by atoms with Crippen molar-refractivity contribution in [1.29, 1.82) is 0 Å². The summed E-state index contributed by atoms with van der Waals surface area (Å²) >= 11 is 8.53. The first-order valence-corrected chi connectivity index (χ1v) is 32.4. The number of aromatic amines is 1. The van der Waals surface area contributed by atoms with Crippen molar-refractivity contribution in [1.82, 2.24) is 62.2 Å². The zero-order valence-corrected chi connectivity index (χ0v) is 59.4. The Hall–Kier alpha value is -7.87. The first kappa shape index (κ1) is 84.4. The molecule has 0 spiro atoms. The van der Waals surface area contributed by atoms with Gasteiger partial charge in [0.15, 0.2) is 0 Å². The van der Waals surface area contributed by atoms with E-state index in [4.69, 9.17) is 5.73 Å². The molecule has 0 aliphatic heterocycles. The SMILES string of the molecule is C[C@@H](O)[C@H](NC(=O)[C@H](CCCCN)NC(=O)[C@@H](Cc1c[nH]c2ccccc12)NC(=O)[C@H](Cc1ccccc1)NC(=O)[C@H](CS)NC(=O)[C@@H](Cc1ccccc1)NC(=O)CN(CCN(CCN(CC(=O)O)CC(=O)O)CC(=O)O)CC(=O)O)C(=O)N[C@@H](CS)C(=O)N[C@H](CO)[C@@H](C)O.[111In]. The third kappa shape index (κ3) is 30.1. The van der Waals surface area contributed by atoms with Gasteiger partial charge in [0.25, 0.3) is 0 Å². The number of carboxylic acids is 4. The van der Waals surface area contributed by atoms with Gasteiger partial charge in [0.05, 0.1) is 57.6 Å². The van der Waals surface area contributed by atoms with Crippen LogP contribution in [0.25, 0.3) is 10.9 Å². The van der Waals surface area contributed by atoms with E-state index in [1.165, 1.54) is 18.7 Å². The number of aliphatic hydroxyl groups is 3. The predicted molar refractivity (Wildman–Crippen MR) is 364 cm³/mol. The van der Waals surface area contributed by atoms with Gasteiger partial charge in [-0.1, -0.05) is 78.9 Å². The molecule has 0 aliphatic rings. The Morgan fingerprint density at radius 2 is 0.867 bits per heavy atom. The van der Waals surface area contributed by atoms with Crippen molar-refractivity contribution >= 4 is 133 Å². The minimum atomic E-state index is -1.73. The first-order valence-electron chi connectivity index (χ1n) is 31.1. The van der Waals surface area contributed by atoms with E-state index in [0.717, 1.165) is 9.80 Å². The van der Waals surface area contributed by atoms with Crippen molar-refractivity contribution in [3.05, 3.63) is 108 Å². The van der Waals surface area contributed by atoms with E-state index in [1.807, 2.05) is 0 Å². The number of hydrogen-bond acceptors (Lipinski definition) is 21. The fraction of sp³-hybridized carbons (Fsp3) is 0.492. The molecule has 18 N–H and O–H groups in total. The smallest absolute Gasteiger partial charge is 0.317 e. The molecule has 1 aromatic heterocycles. The van der Waals surface area contributed by atoms with E-state index >= 15 is 0 Å². The van der Waals surface area contributed by atoms with Crippen molar-refractivity contribution in [3.8, 4) is 0 Å². The van der Waals surface area contributed by atoms with Gasteiger partial charge in [-0.05, 0) is 62.4 Å². The average Bonchev–Trinajstić information content (AvgIpc) is 1.63. The number of hydrogen-bond donors (Lipinski definition) is 19. The first-order chi connectivity index (χ1) is 46.1. The second-order valence-corrected chi connectivity index (χ2v) is 23.8. The molecule has 35 heteroatoms. The van der Waals surface area contributed by atoms with Crippen LogP contribution in [-0.2, 0) is 76.8 Å². The van der Waals surface area contributed by atoms with E-state index in [-0.39, 0.29) is 102 Å². The molecule has 0 aliphatic carbocycles. The van der Waals surface area contributed by atoms with Crippen molar-refractivity contribution in [2.45, 2.75) is 113 Å². The molecule has 535 valence electrons. The molecule has 3 radical (unpaired) electrons. The molecule has 0 saturated carbocycles. The maximum atomic E-state index is 15.0. The Labute approximate surface area is 595 Å². The van der Waals surface area contributed by atoms with Crippen LogP contribution in [-0.4, -0.2) is 297 Å². The van der Waals surface area contributed by atoms with Crippen LogP contribution in [0.1, 0.15) is 49.8 Å². The Balaban J connectivity index is 0.0000250. The van der Waals surface area contributed by atoms with E-state index in [2.05, 4.69) is 72.8 Å². The number of para-hydroxylation sites is 1. The zero-order valence-electron chi connectivity index (χ0n) is 54.3. The number of unbranched alkanes of at least 4 members (excludes halogenated alkanes) is 1. The molecule has 3 aromatic carbocycles. The summed E-state index contributed by atoms with van der Waals surface area (Å²) in [6.07, 6.45) is -1.16. The topological polar surface area (TPSA) is 494 Å². The van der Waals surface area contributed by atoms with Gasteiger partial charge in [0.2, 0.25) is 47.3 Å². The maximum absolute atomic E-state index is 15.0. The summed E-state index contributed by atoms with van der Waals surface area (Å²) in [7, 11) is 0. The number of carbonyl (C=O) groups is 12. The number of carbonyl (C=O) groups excluding carboxylic acids is 8. The number of rotatable bonds is 46. The van der Waals surface area contributed by atoms with E-state index in [9.17, 15) is 93.3 Å². The number of nitrogens with two attached hydrogens (primary N) is 1. The fourth-order valence-electron chi connectivity index (χ4n) is 10.1. The molecule has 0 bridgehead atoms. The van der Waals surface area contributed by atoms with Gasteiger partial charge in [-0.3, -0.25) is 72.2 Å². The predicted octanol–water partition coefficient (Wildman–Crippen LogP) is -4.32. The molecule has 0 unspecified atom stereocenters. The number of nitrogens with one attached hydrogen (secondary N) is 9. The summed E-state index contributed by atoms with van der Waals surface area (Å²) in [5.41, 5.74) is 8.10. The third-order valence-corrected chi connectivity index (χ3v) is 16.0. The van der Waals surface area contributed by atoms with Crippen LogP contribution in [0, 0.1) is 0 Å². The second kappa shape index (κ2) is 44.2. The number of carboxylic acid groups (broad SMARTS) is 4.